The quantitative estimate of drug-likeness (QED) is 0.800. The number of halogens is 2. The lowest BCUT2D eigenvalue weighted by Gasteiger charge is -2.06. The van der Waals surface area contributed by atoms with Crippen LogP contribution >= 0.6 is 22.6 Å². The smallest absolute Gasteiger partial charge is 0.219 e. The van der Waals surface area contributed by atoms with Crippen molar-refractivity contribution in [2.24, 2.45) is 5.92 Å². The predicted molar refractivity (Wildman–Crippen MR) is 77.9 cm³/mol. The maximum Gasteiger partial charge on any atom is 0.219 e. The molecule has 2 atom stereocenters. The Balaban J connectivity index is 1.87. The van der Waals surface area contributed by atoms with Crippen LogP contribution in [0.4, 0.5) is 4.39 Å². The molecular weight excluding hydrogens is 344 g/mol. The van der Waals surface area contributed by atoms with Crippen LogP contribution < -0.4 is 5.32 Å². The van der Waals surface area contributed by atoms with Gasteiger partial charge in [0.15, 0.2) is 0 Å². The molecule has 0 spiro atoms. The van der Waals surface area contributed by atoms with Crippen LogP contribution in [0.3, 0.4) is 0 Å². The van der Waals surface area contributed by atoms with Crippen molar-refractivity contribution in [3.8, 4) is 0 Å². The van der Waals surface area contributed by atoms with E-state index in [0.29, 0.717) is 18.3 Å². The molecule has 1 aliphatic rings. The van der Waals surface area contributed by atoms with Crippen molar-refractivity contribution in [1.29, 1.82) is 0 Å². The molecule has 1 N–H and O–H groups in total. The highest BCUT2D eigenvalue weighted by molar-refractivity contribution is 14.1. The van der Waals surface area contributed by atoms with Gasteiger partial charge in [-0.05, 0) is 71.0 Å². The number of rotatable bonds is 5. The Morgan fingerprint density at radius 2 is 2.33 bits per heavy atom. The fourth-order valence-electron chi connectivity index (χ4n) is 2.21. The molecule has 0 aliphatic heterocycles. The molecule has 0 aromatic heterocycles. The van der Waals surface area contributed by atoms with E-state index in [9.17, 15) is 9.18 Å². The highest BCUT2D eigenvalue weighted by Crippen LogP contribution is 2.48. The second kappa shape index (κ2) is 5.99. The standard InChI is InChI=1S/C14H17FINO/c1-2-3-14(18)17-8-9-6-11(9)12-7-10(15)4-5-13(12)16/h4-5,7,9,11H,2-3,6,8H2,1H3,(H,17,18). The molecule has 4 heteroatoms. The second-order valence-electron chi connectivity index (χ2n) is 4.82. The molecule has 1 saturated carbocycles. The van der Waals surface area contributed by atoms with E-state index in [1.165, 1.54) is 6.07 Å². The van der Waals surface area contributed by atoms with Gasteiger partial charge in [-0.1, -0.05) is 6.92 Å². The van der Waals surface area contributed by atoms with Gasteiger partial charge in [0.05, 0.1) is 0 Å². The fraction of sp³-hybridized carbons (Fsp3) is 0.500. The molecule has 2 unspecified atom stereocenters. The number of hydrogen-bond acceptors (Lipinski definition) is 1. The molecule has 98 valence electrons. The van der Waals surface area contributed by atoms with Crippen molar-refractivity contribution < 1.29 is 9.18 Å². The van der Waals surface area contributed by atoms with E-state index in [4.69, 9.17) is 0 Å². The van der Waals surface area contributed by atoms with Gasteiger partial charge < -0.3 is 5.32 Å². The summed E-state index contributed by atoms with van der Waals surface area (Å²) in [5, 5.41) is 2.94. The van der Waals surface area contributed by atoms with Gasteiger partial charge in [0, 0.05) is 16.5 Å². The first kappa shape index (κ1) is 13.8. The van der Waals surface area contributed by atoms with Gasteiger partial charge in [0.2, 0.25) is 5.91 Å². The molecular formula is C14H17FINO. The zero-order valence-corrected chi connectivity index (χ0v) is 12.5. The normalized spacial score (nSPS) is 21.7. The summed E-state index contributed by atoms with van der Waals surface area (Å²) in [7, 11) is 0. The predicted octanol–water partition coefficient (Wildman–Crippen LogP) is 3.45. The molecule has 0 radical (unpaired) electrons. The Kier molecular flexibility index (Phi) is 4.59. The highest BCUT2D eigenvalue weighted by Gasteiger charge is 2.39. The largest absolute Gasteiger partial charge is 0.356 e. The Morgan fingerprint density at radius 3 is 3.06 bits per heavy atom. The maximum absolute atomic E-state index is 13.2. The van der Waals surface area contributed by atoms with Crippen molar-refractivity contribution >= 4 is 28.5 Å². The van der Waals surface area contributed by atoms with E-state index >= 15 is 0 Å². The Morgan fingerprint density at radius 1 is 1.56 bits per heavy atom. The molecule has 1 aromatic carbocycles. The van der Waals surface area contributed by atoms with Gasteiger partial charge in [0.25, 0.3) is 0 Å². The average Bonchev–Trinajstić information content (AvgIpc) is 3.09. The van der Waals surface area contributed by atoms with Gasteiger partial charge >= 0.3 is 0 Å². The van der Waals surface area contributed by atoms with Crippen LogP contribution in [0.25, 0.3) is 0 Å². The minimum atomic E-state index is -0.175. The van der Waals surface area contributed by atoms with Crippen molar-refractivity contribution in [2.75, 3.05) is 6.54 Å². The van der Waals surface area contributed by atoms with Crippen molar-refractivity contribution in [3.05, 3.63) is 33.1 Å². The lowest BCUT2D eigenvalue weighted by atomic mass is 10.1. The summed E-state index contributed by atoms with van der Waals surface area (Å²) in [6.07, 6.45) is 2.52. The number of nitrogens with one attached hydrogen (secondary N) is 1. The minimum Gasteiger partial charge on any atom is -0.356 e. The minimum absolute atomic E-state index is 0.122. The van der Waals surface area contributed by atoms with Crippen LogP contribution in [0.5, 0.6) is 0 Å². The first-order chi connectivity index (χ1) is 8.61. The van der Waals surface area contributed by atoms with E-state index in [1.807, 2.05) is 13.0 Å². The zero-order chi connectivity index (χ0) is 13.1. The molecule has 1 aliphatic carbocycles. The summed E-state index contributed by atoms with van der Waals surface area (Å²) in [6, 6.07) is 4.93. The molecule has 0 bridgehead atoms. The SMILES string of the molecule is CCCC(=O)NCC1CC1c1cc(F)ccc1I. The first-order valence-corrected chi connectivity index (χ1v) is 7.41. The molecule has 18 heavy (non-hydrogen) atoms. The Bertz CT molecular complexity index is 449. The molecule has 1 aromatic rings. The lowest BCUT2D eigenvalue weighted by Crippen LogP contribution is -2.25. The molecule has 1 fully saturated rings. The number of amides is 1. The average molecular weight is 361 g/mol. The number of carbonyl (C=O) groups is 1. The molecule has 0 saturated heterocycles. The molecule has 0 heterocycles. The van der Waals surface area contributed by atoms with Crippen LogP contribution in [0.15, 0.2) is 18.2 Å². The molecule has 1 amide bonds. The van der Waals surface area contributed by atoms with Crippen molar-refractivity contribution in [3.63, 3.8) is 0 Å². The third-order valence-corrected chi connectivity index (χ3v) is 4.30. The van der Waals surface area contributed by atoms with Crippen molar-refractivity contribution in [2.45, 2.75) is 32.1 Å². The third kappa shape index (κ3) is 3.43. The van der Waals surface area contributed by atoms with Gasteiger partial charge in [-0.25, -0.2) is 4.39 Å². The molecule has 2 rings (SSSR count). The van der Waals surface area contributed by atoms with Crippen molar-refractivity contribution in [1.82, 2.24) is 5.32 Å². The van der Waals surface area contributed by atoms with E-state index in [0.717, 1.165) is 28.5 Å². The van der Waals surface area contributed by atoms with Gasteiger partial charge in [-0.3, -0.25) is 4.79 Å². The molecule has 2 nitrogen and oxygen atoms in total. The summed E-state index contributed by atoms with van der Waals surface area (Å²) < 4.78 is 14.3. The number of hydrogen-bond donors (Lipinski definition) is 1. The summed E-state index contributed by atoms with van der Waals surface area (Å²) >= 11 is 2.24. The monoisotopic (exact) mass is 361 g/mol. The van der Waals surface area contributed by atoms with Crippen LogP contribution in [0, 0.1) is 15.3 Å². The lowest BCUT2D eigenvalue weighted by molar-refractivity contribution is -0.121. The third-order valence-electron chi connectivity index (χ3n) is 3.32. The topological polar surface area (TPSA) is 29.1 Å². The zero-order valence-electron chi connectivity index (χ0n) is 10.4. The van der Waals surface area contributed by atoms with E-state index in [2.05, 4.69) is 27.9 Å². The second-order valence-corrected chi connectivity index (χ2v) is 5.98. The van der Waals surface area contributed by atoms with Crippen LogP contribution in [-0.2, 0) is 4.79 Å². The van der Waals surface area contributed by atoms with E-state index in [-0.39, 0.29) is 11.7 Å². The van der Waals surface area contributed by atoms with Gasteiger partial charge in [-0.2, -0.15) is 0 Å². The van der Waals surface area contributed by atoms with Crippen LogP contribution in [0.1, 0.15) is 37.7 Å². The summed E-state index contributed by atoms with van der Waals surface area (Å²) in [4.78, 5) is 11.4. The number of carbonyl (C=O) groups excluding carboxylic acids is 1. The van der Waals surface area contributed by atoms with Crippen LogP contribution in [0.2, 0.25) is 0 Å². The number of benzene rings is 1. The summed E-state index contributed by atoms with van der Waals surface area (Å²) in [6.45, 7) is 2.71. The van der Waals surface area contributed by atoms with Crippen LogP contribution in [-0.4, -0.2) is 12.5 Å². The van der Waals surface area contributed by atoms with E-state index < -0.39 is 0 Å². The van der Waals surface area contributed by atoms with Gasteiger partial charge in [-0.15, -0.1) is 0 Å². The summed E-state index contributed by atoms with van der Waals surface area (Å²) in [5.74, 6) is 0.832. The summed E-state index contributed by atoms with van der Waals surface area (Å²) in [5.41, 5.74) is 1.09. The Hall–Kier alpha value is -0.650. The first-order valence-electron chi connectivity index (χ1n) is 6.33. The highest BCUT2D eigenvalue weighted by atomic mass is 127. The fourth-order valence-corrected chi connectivity index (χ4v) is 2.95. The van der Waals surface area contributed by atoms with Gasteiger partial charge in [0.1, 0.15) is 5.82 Å². The Labute approximate surface area is 120 Å². The van der Waals surface area contributed by atoms with E-state index in [1.54, 1.807) is 6.07 Å². The maximum atomic E-state index is 13.2.